The Labute approximate surface area is 177 Å². The summed E-state index contributed by atoms with van der Waals surface area (Å²) < 4.78 is 39.7. The smallest absolute Gasteiger partial charge is 0.348 e. The van der Waals surface area contributed by atoms with Gasteiger partial charge in [-0.15, -0.1) is 0 Å². The number of hydrogen-bond donors (Lipinski definition) is 3. The van der Waals surface area contributed by atoms with Crippen LogP contribution in [0, 0.1) is 0 Å². The Morgan fingerprint density at radius 1 is 1.16 bits per heavy atom. The van der Waals surface area contributed by atoms with Gasteiger partial charge in [0.05, 0.1) is 23.9 Å². The lowest BCUT2D eigenvalue weighted by atomic mass is 9.83. The maximum Gasteiger partial charge on any atom is 0.397 e. The molecular weight excluding hydrogens is 411 g/mol. The molecule has 7 nitrogen and oxygen atoms in total. The molecule has 1 aromatic carbocycles. The lowest BCUT2D eigenvalue weighted by Crippen LogP contribution is -2.56. The number of carbonyl (C=O) groups excluding carboxylic acids is 2. The van der Waals surface area contributed by atoms with E-state index in [0.29, 0.717) is 11.4 Å². The SMILES string of the molecule is CC(NC(=O)C1CC(=O)NC(c2ncccn2)N1)c1ccc(C(C)(C)C(F)(F)F)cc1. The van der Waals surface area contributed by atoms with Crippen molar-refractivity contribution in [2.75, 3.05) is 0 Å². The summed E-state index contributed by atoms with van der Waals surface area (Å²) in [5.41, 5.74) is -1.19. The third kappa shape index (κ3) is 5.01. The summed E-state index contributed by atoms with van der Waals surface area (Å²) in [6, 6.07) is 6.34. The fourth-order valence-corrected chi connectivity index (χ4v) is 3.22. The van der Waals surface area contributed by atoms with E-state index in [2.05, 4.69) is 25.9 Å². The molecule has 0 radical (unpaired) electrons. The molecule has 166 valence electrons. The van der Waals surface area contributed by atoms with Gasteiger partial charge in [-0.3, -0.25) is 14.9 Å². The lowest BCUT2D eigenvalue weighted by molar-refractivity contribution is -0.180. The molecular formula is C21H24F3N5O2. The quantitative estimate of drug-likeness (QED) is 0.671. The van der Waals surface area contributed by atoms with Crippen molar-refractivity contribution in [3.8, 4) is 0 Å². The molecule has 0 aliphatic carbocycles. The summed E-state index contributed by atoms with van der Waals surface area (Å²) in [5.74, 6) is -0.380. The molecule has 1 aliphatic rings. The number of nitrogens with one attached hydrogen (secondary N) is 3. The minimum atomic E-state index is -4.37. The van der Waals surface area contributed by atoms with Crippen LogP contribution in [0.2, 0.25) is 0 Å². The minimum Gasteiger partial charge on any atom is -0.348 e. The largest absolute Gasteiger partial charge is 0.397 e. The number of hydrogen-bond acceptors (Lipinski definition) is 5. The molecule has 0 saturated carbocycles. The van der Waals surface area contributed by atoms with Crippen LogP contribution in [-0.2, 0) is 15.0 Å². The number of halogens is 3. The first-order chi connectivity index (χ1) is 14.5. The van der Waals surface area contributed by atoms with Crippen molar-refractivity contribution in [1.82, 2.24) is 25.9 Å². The van der Waals surface area contributed by atoms with Crippen molar-refractivity contribution in [2.24, 2.45) is 0 Å². The summed E-state index contributed by atoms with van der Waals surface area (Å²) in [5, 5.41) is 8.50. The molecule has 3 rings (SSSR count). The van der Waals surface area contributed by atoms with Crippen LogP contribution in [0.15, 0.2) is 42.7 Å². The van der Waals surface area contributed by atoms with Crippen LogP contribution < -0.4 is 16.0 Å². The molecule has 0 bridgehead atoms. The van der Waals surface area contributed by atoms with Crippen LogP contribution in [0.5, 0.6) is 0 Å². The van der Waals surface area contributed by atoms with E-state index in [1.54, 1.807) is 25.1 Å². The normalized spacial score (nSPS) is 20.6. The summed E-state index contributed by atoms with van der Waals surface area (Å²) in [4.78, 5) is 32.9. The molecule has 1 saturated heterocycles. The van der Waals surface area contributed by atoms with Crippen molar-refractivity contribution < 1.29 is 22.8 Å². The molecule has 31 heavy (non-hydrogen) atoms. The average molecular weight is 435 g/mol. The number of benzene rings is 1. The van der Waals surface area contributed by atoms with Gasteiger partial charge in [-0.25, -0.2) is 9.97 Å². The molecule has 3 unspecified atom stereocenters. The number of alkyl halides is 3. The first-order valence-electron chi connectivity index (χ1n) is 9.79. The summed E-state index contributed by atoms with van der Waals surface area (Å²) >= 11 is 0. The van der Waals surface area contributed by atoms with Gasteiger partial charge in [-0.05, 0) is 38.0 Å². The van der Waals surface area contributed by atoms with Gasteiger partial charge in [-0.1, -0.05) is 24.3 Å². The predicted octanol–water partition coefficient (Wildman–Crippen LogP) is 2.67. The topological polar surface area (TPSA) is 96.0 Å². The Morgan fingerprint density at radius 3 is 2.35 bits per heavy atom. The molecule has 1 aliphatic heterocycles. The summed E-state index contributed by atoms with van der Waals surface area (Å²) in [6.07, 6.45) is -2.06. The van der Waals surface area contributed by atoms with Gasteiger partial charge in [0.2, 0.25) is 11.8 Å². The fourth-order valence-electron chi connectivity index (χ4n) is 3.22. The molecule has 3 atom stereocenters. The van der Waals surface area contributed by atoms with Crippen LogP contribution >= 0.6 is 0 Å². The van der Waals surface area contributed by atoms with E-state index in [-0.39, 0.29) is 17.9 Å². The Kier molecular flexibility index (Phi) is 6.30. The first kappa shape index (κ1) is 22.7. The van der Waals surface area contributed by atoms with Crippen molar-refractivity contribution in [3.05, 3.63) is 59.7 Å². The van der Waals surface area contributed by atoms with Crippen LogP contribution in [0.1, 0.15) is 56.4 Å². The standard InChI is InChI=1S/C21H24F3N5O2/c1-12(13-5-7-14(8-6-13)20(2,3)21(22,23)24)27-19(31)15-11-16(30)29-18(28-15)17-25-9-4-10-26-17/h4-10,12,15,18,28H,11H2,1-3H3,(H,27,31)(H,29,30). The zero-order chi connectivity index (χ0) is 22.8. The number of nitrogens with zero attached hydrogens (tertiary/aromatic N) is 2. The third-order valence-corrected chi connectivity index (χ3v) is 5.42. The van der Waals surface area contributed by atoms with Gasteiger partial charge in [0.15, 0.2) is 5.82 Å². The van der Waals surface area contributed by atoms with Crippen LogP contribution in [-0.4, -0.2) is 34.0 Å². The van der Waals surface area contributed by atoms with E-state index in [1.165, 1.54) is 24.5 Å². The number of rotatable bonds is 5. The Hall–Kier alpha value is -3.01. The highest BCUT2D eigenvalue weighted by Crippen LogP contribution is 2.40. The Bertz CT molecular complexity index is 932. The van der Waals surface area contributed by atoms with Crippen molar-refractivity contribution >= 4 is 11.8 Å². The van der Waals surface area contributed by atoms with Crippen molar-refractivity contribution in [1.29, 1.82) is 0 Å². The molecule has 0 spiro atoms. The molecule has 2 aromatic rings. The highest BCUT2D eigenvalue weighted by molar-refractivity contribution is 5.89. The summed E-state index contributed by atoms with van der Waals surface area (Å²) in [7, 11) is 0. The maximum absolute atomic E-state index is 13.2. The second-order valence-electron chi connectivity index (χ2n) is 8.01. The molecule has 2 amide bonds. The number of aromatic nitrogens is 2. The van der Waals surface area contributed by atoms with Crippen LogP contribution in [0.4, 0.5) is 13.2 Å². The van der Waals surface area contributed by atoms with E-state index in [9.17, 15) is 22.8 Å². The highest BCUT2D eigenvalue weighted by atomic mass is 19.4. The minimum absolute atomic E-state index is 0.0550. The lowest BCUT2D eigenvalue weighted by Gasteiger charge is -2.31. The number of amides is 2. The predicted molar refractivity (Wildman–Crippen MR) is 107 cm³/mol. The zero-order valence-electron chi connectivity index (χ0n) is 17.3. The van der Waals surface area contributed by atoms with E-state index in [0.717, 1.165) is 13.8 Å². The van der Waals surface area contributed by atoms with Gasteiger partial charge in [0.1, 0.15) is 6.17 Å². The summed E-state index contributed by atoms with van der Waals surface area (Å²) in [6.45, 7) is 3.97. The van der Waals surface area contributed by atoms with Crippen molar-refractivity contribution in [3.63, 3.8) is 0 Å². The number of carbonyl (C=O) groups is 2. The van der Waals surface area contributed by atoms with Crippen LogP contribution in [0.25, 0.3) is 0 Å². The van der Waals surface area contributed by atoms with Gasteiger partial charge in [-0.2, -0.15) is 13.2 Å². The van der Waals surface area contributed by atoms with Gasteiger partial charge < -0.3 is 10.6 Å². The molecule has 1 aromatic heterocycles. The van der Waals surface area contributed by atoms with Gasteiger partial charge in [0, 0.05) is 12.4 Å². The fraction of sp³-hybridized carbons (Fsp3) is 0.429. The van der Waals surface area contributed by atoms with E-state index in [1.807, 2.05) is 0 Å². The van der Waals surface area contributed by atoms with Crippen LogP contribution in [0.3, 0.4) is 0 Å². The monoisotopic (exact) mass is 435 g/mol. The van der Waals surface area contributed by atoms with Gasteiger partial charge in [0.25, 0.3) is 0 Å². The molecule has 10 heteroatoms. The van der Waals surface area contributed by atoms with E-state index in [4.69, 9.17) is 0 Å². The second-order valence-corrected chi connectivity index (χ2v) is 8.01. The molecule has 1 fully saturated rings. The second kappa shape index (κ2) is 8.62. The van der Waals surface area contributed by atoms with Gasteiger partial charge >= 0.3 is 6.18 Å². The van der Waals surface area contributed by atoms with E-state index < -0.39 is 35.7 Å². The average Bonchev–Trinajstić information content (AvgIpc) is 2.73. The Morgan fingerprint density at radius 2 is 1.77 bits per heavy atom. The van der Waals surface area contributed by atoms with Crippen molar-refractivity contribution in [2.45, 2.75) is 57.0 Å². The van der Waals surface area contributed by atoms with E-state index >= 15 is 0 Å². The zero-order valence-corrected chi connectivity index (χ0v) is 17.3. The first-order valence-corrected chi connectivity index (χ1v) is 9.79. The molecule has 3 N–H and O–H groups in total. The molecule has 2 heterocycles. The highest BCUT2D eigenvalue weighted by Gasteiger charge is 2.48. The Balaban J connectivity index is 1.66. The maximum atomic E-state index is 13.2. The third-order valence-electron chi connectivity index (χ3n) is 5.42.